The molecule has 0 saturated carbocycles. The lowest BCUT2D eigenvalue weighted by Gasteiger charge is -2.20. The number of carbonyl (C=O) groups excluding carboxylic acids is 1. The van der Waals surface area contributed by atoms with Gasteiger partial charge in [0.25, 0.3) is 0 Å². The Bertz CT molecular complexity index is 318. The van der Waals surface area contributed by atoms with E-state index in [1.54, 1.807) is 6.92 Å². The fraction of sp³-hybridized carbons (Fsp3) is 0.923. The summed E-state index contributed by atoms with van der Waals surface area (Å²) in [6.07, 6.45) is -6.60. The molecule has 21 heavy (non-hydrogen) atoms. The minimum absolute atomic E-state index is 0.0574. The first-order chi connectivity index (χ1) is 9.51. The van der Waals surface area contributed by atoms with E-state index in [1.807, 2.05) is 13.8 Å². The highest BCUT2D eigenvalue weighted by Crippen LogP contribution is 2.39. The Balaban J connectivity index is 4.29. The smallest absolute Gasteiger partial charge is 0.453 e. The van der Waals surface area contributed by atoms with Crippen molar-refractivity contribution >= 4 is 17.7 Å². The van der Waals surface area contributed by atoms with E-state index in [-0.39, 0.29) is 24.7 Å². The quantitative estimate of drug-likeness (QED) is 0.347. The molecular weight excluding hydrogens is 315 g/mol. The minimum Gasteiger partial charge on any atom is -0.465 e. The van der Waals surface area contributed by atoms with E-state index in [0.717, 1.165) is 11.8 Å². The number of rotatable bonds is 9. The van der Waals surface area contributed by atoms with Gasteiger partial charge in [0, 0.05) is 6.42 Å². The molecule has 0 aliphatic heterocycles. The number of alkyl halides is 5. The van der Waals surface area contributed by atoms with Gasteiger partial charge in [-0.1, -0.05) is 13.8 Å². The van der Waals surface area contributed by atoms with E-state index in [0.29, 0.717) is 6.42 Å². The average molecular weight is 336 g/mol. The zero-order valence-corrected chi connectivity index (χ0v) is 13.1. The largest absolute Gasteiger partial charge is 0.465 e. The van der Waals surface area contributed by atoms with Crippen LogP contribution in [-0.2, 0) is 9.53 Å². The molecule has 0 bridgehead atoms. The van der Waals surface area contributed by atoms with Crippen molar-refractivity contribution in [2.75, 3.05) is 12.4 Å². The first kappa shape index (κ1) is 20.5. The molecule has 0 N–H and O–H groups in total. The van der Waals surface area contributed by atoms with Crippen LogP contribution in [0.15, 0.2) is 0 Å². The standard InChI is InChI=1S/C13H21F5O2S/c1-4-20-11(19)10(8-9(2)3)21-7-5-6-12(14,15)13(16,17)18/h9-10H,4-8H2,1-3H3. The molecular formula is C13H21F5O2S. The van der Waals surface area contributed by atoms with Gasteiger partial charge in [-0.3, -0.25) is 4.79 Å². The lowest BCUT2D eigenvalue weighted by Crippen LogP contribution is -2.36. The summed E-state index contributed by atoms with van der Waals surface area (Å²) in [6.45, 7) is 5.65. The molecule has 0 aliphatic rings. The maximum absolute atomic E-state index is 12.7. The third kappa shape index (κ3) is 7.87. The van der Waals surface area contributed by atoms with Crippen LogP contribution in [0.1, 0.15) is 40.0 Å². The summed E-state index contributed by atoms with van der Waals surface area (Å²) in [7, 11) is 0. The number of ether oxygens (including phenoxy) is 1. The number of carbonyl (C=O) groups is 1. The van der Waals surface area contributed by atoms with Gasteiger partial charge in [0.2, 0.25) is 0 Å². The lowest BCUT2D eigenvalue weighted by atomic mass is 10.1. The molecule has 0 heterocycles. The third-order valence-corrected chi connectivity index (χ3v) is 3.92. The highest BCUT2D eigenvalue weighted by atomic mass is 32.2. The molecule has 0 saturated heterocycles. The van der Waals surface area contributed by atoms with Crippen molar-refractivity contribution < 1.29 is 31.5 Å². The highest BCUT2D eigenvalue weighted by molar-refractivity contribution is 8.00. The first-order valence-corrected chi connectivity index (χ1v) is 7.79. The number of thioether (sulfide) groups is 1. The van der Waals surface area contributed by atoms with Crippen molar-refractivity contribution in [1.29, 1.82) is 0 Å². The second-order valence-corrected chi connectivity index (χ2v) is 6.36. The van der Waals surface area contributed by atoms with E-state index in [1.165, 1.54) is 0 Å². The van der Waals surface area contributed by atoms with Crippen molar-refractivity contribution in [3.8, 4) is 0 Å². The Morgan fingerprint density at radius 3 is 2.19 bits per heavy atom. The van der Waals surface area contributed by atoms with Crippen LogP contribution in [0.2, 0.25) is 0 Å². The molecule has 0 aromatic carbocycles. The first-order valence-electron chi connectivity index (χ1n) is 6.74. The molecule has 0 rings (SSSR count). The summed E-state index contributed by atoms with van der Waals surface area (Å²) in [5.74, 6) is -4.87. The highest BCUT2D eigenvalue weighted by Gasteiger charge is 2.56. The summed E-state index contributed by atoms with van der Waals surface area (Å²) in [5, 5.41) is -0.524. The van der Waals surface area contributed by atoms with Gasteiger partial charge in [-0.15, -0.1) is 11.8 Å². The van der Waals surface area contributed by atoms with Gasteiger partial charge >= 0.3 is 18.1 Å². The van der Waals surface area contributed by atoms with Gasteiger partial charge in [0.05, 0.1) is 6.61 Å². The zero-order chi connectivity index (χ0) is 16.7. The van der Waals surface area contributed by atoms with Crippen LogP contribution in [0.3, 0.4) is 0 Å². The second-order valence-electron chi connectivity index (χ2n) is 5.05. The predicted octanol–water partition coefficient (Wildman–Crippen LogP) is 4.68. The molecule has 0 amide bonds. The van der Waals surface area contributed by atoms with E-state index in [2.05, 4.69) is 0 Å². The number of halogens is 5. The third-order valence-electron chi connectivity index (χ3n) is 2.60. The number of esters is 1. The Labute approximate surface area is 125 Å². The van der Waals surface area contributed by atoms with Gasteiger partial charge in [-0.25, -0.2) is 0 Å². The van der Waals surface area contributed by atoms with Gasteiger partial charge in [0.1, 0.15) is 5.25 Å². The van der Waals surface area contributed by atoms with Crippen molar-refractivity contribution in [1.82, 2.24) is 0 Å². The second kappa shape index (κ2) is 8.80. The van der Waals surface area contributed by atoms with E-state index in [4.69, 9.17) is 4.74 Å². The Kier molecular flexibility index (Phi) is 8.58. The molecule has 2 nitrogen and oxygen atoms in total. The lowest BCUT2D eigenvalue weighted by molar-refractivity contribution is -0.284. The van der Waals surface area contributed by atoms with Gasteiger partial charge in [-0.2, -0.15) is 22.0 Å². The molecule has 0 spiro atoms. The fourth-order valence-corrected chi connectivity index (χ4v) is 2.88. The molecule has 0 fully saturated rings. The summed E-state index contributed by atoms with van der Waals surface area (Å²) in [6, 6.07) is 0. The summed E-state index contributed by atoms with van der Waals surface area (Å²) >= 11 is 1.07. The van der Waals surface area contributed by atoms with Crippen LogP contribution in [0.5, 0.6) is 0 Å². The predicted molar refractivity (Wildman–Crippen MR) is 72.6 cm³/mol. The topological polar surface area (TPSA) is 26.3 Å². The minimum atomic E-state index is -5.52. The number of hydrogen-bond donors (Lipinski definition) is 0. The van der Waals surface area contributed by atoms with Crippen molar-refractivity contribution in [3.63, 3.8) is 0 Å². The van der Waals surface area contributed by atoms with Crippen LogP contribution >= 0.6 is 11.8 Å². The van der Waals surface area contributed by atoms with Gasteiger partial charge < -0.3 is 4.74 Å². The van der Waals surface area contributed by atoms with Crippen molar-refractivity contribution in [3.05, 3.63) is 0 Å². The Morgan fingerprint density at radius 1 is 1.19 bits per heavy atom. The van der Waals surface area contributed by atoms with Crippen LogP contribution in [0.25, 0.3) is 0 Å². The van der Waals surface area contributed by atoms with Crippen molar-refractivity contribution in [2.24, 2.45) is 5.92 Å². The van der Waals surface area contributed by atoms with Crippen molar-refractivity contribution in [2.45, 2.75) is 57.4 Å². The molecule has 1 unspecified atom stereocenters. The Hall–Kier alpha value is -0.530. The van der Waals surface area contributed by atoms with Crippen LogP contribution in [0, 0.1) is 5.92 Å². The van der Waals surface area contributed by atoms with E-state index in [9.17, 15) is 26.7 Å². The monoisotopic (exact) mass is 336 g/mol. The van der Waals surface area contributed by atoms with Gasteiger partial charge in [0.15, 0.2) is 0 Å². The number of hydrogen-bond acceptors (Lipinski definition) is 3. The maximum atomic E-state index is 12.7. The van der Waals surface area contributed by atoms with Crippen LogP contribution in [-0.4, -0.2) is 35.7 Å². The normalized spacial score (nSPS) is 14.3. The van der Waals surface area contributed by atoms with Crippen LogP contribution in [0.4, 0.5) is 22.0 Å². The van der Waals surface area contributed by atoms with Crippen LogP contribution < -0.4 is 0 Å². The fourth-order valence-electron chi connectivity index (χ4n) is 1.56. The molecule has 8 heteroatoms. The van der Waals surface area contributed by atoms with E-state index < -0.39 is 29.7 Å². The summed E-state index contributed by atoms with van der Waals surface area (Å²) in [4.78, 5) is 11.7. The van der Waals surface area contributed by atoms with Gasteiger partial charge in [-0.05, 0) is 31.4 Å². The molecule has 126 valence electrons. The maximum Gasteiger partial charge on any atom is 0.453 e. The molecule has 0 aromatic heterocycles. The molecule has 0 aliphatic carbocycles. The molecule has 1 atom stereocenters. The SMILES string of the molecule is CCOC(=O)C(CC(C)C)SCCCC(F)(F)C(F)(F)F. The average Bonchev–Trinajstić information content (AvgIpc) is 2.31. The molecule has 0 radical (unpaired) electrons. The zero-order valence-electron chi connectivity index (χ0n) is 12.3. The molecule has 0 aromatic rings. The summed E-state index contributed by atoms with van der Waals surface area (Å²) < 4.78 is 66.3. The van der Waals surface area contributed by atoms with E-state index >= 15 is 0 Å². The summed E-state index contributed by atoms with van der Waals surface area (Å²) in [5.41, 5.74) is 0. The Morgan fingerprint density at radius 2 is 1.76 bits per heavy atom.